The molecule has 0 aliphatic carbocycles. The first-order chi connectivity index (χ1) is 9.11. The van der Waals surface area contributed by atoms with Crippen LogP contribution in [-0.4, -0.2) is 32.1 Å². The van der Waals surface area contributed by atoms with Crippen molar-refractivity contribution in [3.63, 3.8) is 0 Å². The zero-order chi connectivity index (χ0) is 13.6. The van der Waals surface area contributed by atoms with Gasteiger partial charge in [0.25, 0.3) is 0 Å². The van der Waals surface area contributed by atoms with Crippen LogP contribution in [0, 0.1) is 0 Å². The number of imidazole rings is 2. The van der Waals surface area contributed by atoms with Gasteiger partial charge in [-0.1, -0.05) is 0 Å². The number of rotatable bonds is 3. The molecule has 0 aliphatic heterocycles. The second-order valence-corrected chi connectivity index (χ2v) is 4.50. The zero-order valence-corrected chi connectivity index (χ0v) is 10.7. The summed E-state index contributed by atoms with van der Waals surface area (Å²) in [5, 5.41) is 12.1. The fourth-order valence-electron chi connectivity index (χ4n) is 2.29. The summed E-state index contributed by atoms with van der Waals surface area (Å²) in [4.78, 5) is 15.5. The van der Waals surface area contributed by atoms with Crippen LogP contribution in [0.3, 0.4) is 0 Å². The minimum atomic E-state index is -0.935. The number of hydrogen-bond acceptors (Lipinski definition) is 3. The highest BCUT2D eigenvalue weighted by atomic mass is 16.4. The van der Waals surface area contributed by atoms with Crippen molar-refractivity contribution in [2.45, 2.75) is 6.54 Å². The lowest BCUT2D eigenvalue weighted by Crippen LogP contribution is -2.08. The van der Waals surface area contributed by atoms with Crippen LogP contribution >= 0.6 is 0 Å². The Kier molecular flexibility index (Phi) is 2.53. The SMILES string of the molecule is CNCc1cn2c3ccc(C(=O)O)cc3nc2n1C. The number of fused-ring (bicyclic) bond motifs is 3. The van der Waals surface area contributed by atoms with Gasteiger partial charge in [-0.05, 0) is 25.2 Å². The third-order valence-corrected chi connectivity index (χ3v) is 3.28. The number of aromatic carboxylic acids is 1. The smallest absolute Gasteiger partial charge is 0.335 e. The second kappa shape index (κ2) is 4.10. The Morgan fingerprint density at radius 3 is 2.95 bits per heavy atom. The maximum Gasteiger partial charge on any atom is 0.335 e. The summed E-state index contributed by atoms with van der Waals surface area (Å²) >= 11 is 0. The fourth-order valence-corrected chi connectivity index (χ4v) is 2.29. The summed E-state index contributed by atoms with van der Waals surface area (Å²) in [5.41, 5.74) is 2.99. The van der Waals surface area contributed by atoms with Crippen molar-refractivity contribution in [3.05, 3.63) is 35.7 Å². The van der Waals surface area contributed by atoms with Gasteiger partial charge in [0.1, 0.15) is 0 Å². The van der Waals surface area contributed by atoms with Crippen molar-refractivity contribution in [2.24, 2.45) is 7.05 Å². The van der Waals surface area contributed by atoms with Gasteiger partial charge in [0.2, 0.25) is 5.78 Å². The van der Waals surface area contributed by atoms with E-state index in [2.05, 4.69) is 10.3 Å². The molecule has 98 valence electrons. The number of nitrogens with one attached hydrogen (secondary N) is 1. The van der Waals surface area contributed by atoms with Crippen LogP contribution in [0.1, 0.15) is 16.1 Å². The van der Waals surface area contributed by atoms with Crippen LogP contribution in [0.5, 0.6) is 0 Å². The quantitative estimate of drug-likeness (QED) is 0.741. The minimum Gasteiger partial charge on any atom is -0.478 e. The standard InChI is InChI=1S/C13H14N4O2/c1-14-6-9-7-17-11-4-3-8(12(18)19)5-10(11)15-13(17)16(9)2/h3-5,7,14H,6H2,1-2H3,(H,18,19). The first kappa shape index (κ1) is 11.7. The fraction of sp³-hybridized carbons (Fsp3) is 0.231. The molecule has 3 rings (SSSR count). The van der Waals surface area contributed by atoms with Crippen molar-refractivity contribution >= 4 is 22.8 Å². The highest BCUT2D eigenvalue weighted by molar-refractivity contribution is 5.93. The third-order valence-electron chi connectivity index (χ3n) is 3.28. The number of carboxylic acid groups (broad SMARTS) is 1. The van der Waals surface area contributed by atoms with Crippen LogP contribution in [0.25, 0.3) is 16.8 Å². The van der Waals surface area contributed by atoms with E-state index in [0.29, 0.717) is 5.52 Å². The number of benzene rings is 1. The molecule has 0 saturated carbocycles. The number of hydrogen-bond donors (Lipinski definition) is 2. The molecule has 2 heterocycles. The minimum absolute atomic E-state index is 0.256. The lowest BCUT2D eigenvalue weighted by atomic mass is 10.2. The lowest BCUT2D eigenvalue weighted by molar-refractivity contribution is 0.0697. The normalized spacial score (nSPS) is 11.5. The molecule has 0 atom stereocenters. The Balaban J connectivity index is 2.26. The topological polar surface area (TPSA) is 71.6 Å². The van der Waals surface area contributed by atoms with Gasteiger partial charge < -0.3 is 15.0 Å². The van der Waals surface area contributed by atoms with E-state index in [-0.39, 0.29) is 5.56 Å². The molecule has 0 radical (unpaired) electrons. The van der Waals surface area contributed by atoms with E-state index in [1.54, 1.807) is 18.2 Å². The Morgan fingerprint density at radius 2 is 2.26 bits per heavy atom. The summed E-state index contributed by atoms with van der Waals surface area (Å²) < 4.78 is 3.98. The molecule has 0 amide bonds. The van der Waals surface area contributed by atoms with E-state index in [4.69, 9.17) is 5.11 Å². The van der Waals surface area contributed by atoms with Gasteiger partial charge in [-0.15, -0.1) is 0 Å². The van der Waals surface area contributed by atoms with Gasteiger partial charge >= 0.3 is 5.97 Å². The molecule has 0 fully saturated rings. The molecule has 6 heteroatoms. The van der Waals surface area contributed by atoms with E-state index in [0.717, 1.165) is 23.5 Å². The van der Waals surface area contributed by atoms with Crippen LogP contribution in [0.15, 0.2) is 24.4 Å². The summed E-state index contributed by atoms with van der Waals surface area (Å²) in [6.45, 7) is 0.758. The largest absolute Gasteiger partial charge is 0.478 e. The molecule has 6 nitrogen and oxygen atoms in total. The highest BCUT2D eigenvalue weighted by Gasteiger charge is 2.13. The molecule has 0 aliphatic rings. The molecule has 0 unspecified atom stereocenters. The maximum absolute atomic E-state index is 11.0. The Hall–Kier alpha value is -2.34. The van der Waals surface area contributed by atoms with Crippen molar-refractivity contribution in [2.75, 3.05) is 7.05 Å². The van der Waals surface area contributed by atoms with Gasteiger partial charge in [0.15, 0.2) is 0 Å². The molecule has 3 aromatic rings. The van der Waals surface area contributed by atoms with Crippen molar-refractivity contribution in [3.8, 4) is 0 Å². The maximum atomic E-state index is 11.0. The summed E-state index contributed by atoms with van der Waals surface area (Å²) in [6, 6.07) is 4.99. The first-order valence-corrected chi connectivity index (χ1v) is 5.96. The molecule has 0 saturated heterocycles. The number of aromatic nitrogens is 3. The Morgan fingerprint density at radius 1 is 1.47 bits per heavy atom. The summed E-state index contributed by atoms with van der Waals surface area (Å²) in [7, 11) is 3.85. The van der Waals surface area contributed by atoms with Crippen LogP contribution in [-0.2, 0) is 13.6 Å². The molecule has 1 aromatic carbocycles. The van der Waals surface area contributed by atoms with E-state index >= 15 is 0 Å². The van der Waals surface area contributed by atoms with Gasteiger partial charge in [-0.25, -0.2) is 9.78 Å². The van der Waals surface area contributed by atoms with E-state index in [9.17, 15) is 4.79 Å². The molecule has 0 spiro atoms. The Labute approximate surface area is 109 Å². The molecule has 0 bridgehead atoms. The van der Waals surface area contributed by atoms with Crippen LogP contribution < -0.4 is 5.32 Å². The Bertz CT molecular complexity index is 785. The molecular weight excluding hydrogens is 244 g/mol. The van der Waals surface area contributed by atoms with Gasteiger partial charge in [0.05, 0.1) is 22.3 Å². The predicted molar refractivity (Wildman–Crippen MR) is 71.4 cm³/mol. The highest BCUT2D eigenvalue weighted by Crippen LogP contribution is 2.20. The zero-order valence-electron chi connectivity index (χ0n) is 10.7. The molecule has 19 heavy (non-hydrogen) atoms. The number of aryl methyl sites for hydroxylation is 1. The van der Waals surface area contributed by atoms with Gasteiger partial charge in [-0.2, -0.15) is 0 Å². The molecule has 2 N–H and O–H groups in total. The first-order valence-electron chi connectivity index (χ1n) is 5.96. The predicted octanol–water partition coefficient (Wildman–Crippen LogP) is 1.24. The number of carboxylic acids is 1. The van der Waals surface area contributed by atoms with E-state index in [1.807, 2.05) is 29.3 Å². The van der Waals surface area contributed by atoms with Gasteiger partial charge in [0, 0.05) is 19.8 Å². The monoisotopic (exact) mass is 258 g/mol. The molecule has 2 aromatic heterocycles. The average molecular weight is 258 g/mol. The van der Waals surface area contributed by atoms with Crippen molar-refractivity contribution < 1.29 is 9.90 Å². The van der Waals surface area contributed by atoms with E-state index in [1.165, 1.54) is 0 Å². The van der Waals surface area contributed by atoms with Gasteiger partial charge in [-0.3, -0.25) is 4.40 Å². The molecular formula is C13H14N4O2. The van der Waals surface area contributed by atoms with Crippen molar-refractivity contribution in [1.29, 1.82) is 0 Å². The second-order valence-electron chi connectivity index (χ2n) is 4.50. The van der Waals surface area contributed by atoms with E-state index < -0.39 is 5.97 Å². The average Bonchev–Trinajstić information content (AvgIpc) is 2.88. The lowest BCUT2D eigenvalue weighted by Gasteiger charge is -1.99. The van der Waals surface area contributed by atoms with Crippen LogP contribution in [0.2, 0.25) is 0 Å². The summed E-state index contributed by atoms with van der Waals surface area (Å²) in [5.74, 6) is -0.127. The summed E-state index contributed by atoms with van der Waals surface area (Å²) in [6.07, 6.45) is 2.02. The van der Waals surface area contributed by atoms with Crippen LogP contribution in [0.4, 0.5) is 0 Å². The third kappa shape index (κ3) is 1.68. The number of carbonyl (C=O) groups is 1. The van der Waals surface area contributed by atoms with Crippen molar-refractivity contribution in [1.82, 2.24) is 19.3 Å². The number of nitrogens with zero attached hydrogens (tertiary/aromatic N) is 3.